The Morgan fingerprint density at radius 2 is 1.70 bits per heavy atom. The highest BCUT2D eigenvalue weighted by Gasteiger charge is 2.53. The van der Waals surface area contributed by atoms with Gasteiger partial charge in [0.15, 0.2) is 5.60 Å². The van der Waals surface area contributed by atoms with Crippen LogP contribution in [0.25, 0.3) is 0 Å². The molecule has 7 nitrogen and oxygen atoms in total. The smallest absolute Gasteiger partial charge is 0.466 e. The molecule has 1 aliphatic rings. The molecule has 0 spiro atoms. The van der Waals surface area contributed by atoms with Crippen molar-refractivity contribution in [1.29, 1.82) is 0 Å². The van der Waals surface area contributed by atoms with Crippen LogP contribution in [-0.2, 0) is 15.0 Å². The molecule has 0 aliphatic heterocycles. The molecule has 0 amide bonds. The van der Waals surface area contributed by atoms with E-state index in [2.05, 4.69) is 0 Å². The molecule has 0 aromatic heterocycles. The van der Waals surface area contributed by atoms with E-state index in [0.717, 1.165) is 0 Å². The highest BCUT2D eigenvalue weighted by molar-refractivity contribution is 7.45. The molecule has 0 bridgehead atoms. The van der Waals surface area contributed by atoms with Crippen LogP contribution in [0.2, 0.25) is 0 Å². The molecule has 0 radical (unpaired) electrons. The molecule has 0 unspecified atom stereocenters. The maximum atomic E-state index is 13.2. The van der Waals surface area contributed by atoms with Crippen molar-refractivity contribution >= 4 is 13.8 Å². The van der Waals surface area contributed by atoms with Gasteiger partial charge in [-0.25, -0.2) is 18.1 Å². The summed E-state index contributed by atoms with van der Waals surface area (Å²) in [7, 11) is -4.64. The second-order valence-electron chi connectivity index (χ2n) is 5.25. The molecule has 1 saturated carbocycles. The van der Waals surface area contributed by atoms with Crippen molar-refractivity contribution in [2.75, 3.05) is 0 Å². The van der Waals surface area contributed by atoms with Gasteiger partial charge < -0.3 is 24.9 Å². The Hall–Kier alpha value is -1.38. The maximum Gasteiger partial charge on any atom is 0.466 e. The van der Waals surface area contributed by atoms with E-state index < -0.39 is 37.7 Å². The van der Waals surface area contributed by atoms with Crippen molar-refractivity contribution in [2.45, 2.75) is 30.8 Å². The van der Waals surface area contributed by atoms with Crippen molar-refractivity contribution in [3.05, 3.63) is 35.9 Å². The van der Waals surface area contributed by atoms with E-state index in [4.69, 9.17) is 19.2 Å². The largest absolute Gasteiger partial charge is 0.479 e. The second-order valence-corrected chi connectivity index (χ2v) is 6.27. The summed E-state index contributed by atoms with van der Waals surface area (Å²) in [6.45, 7) is 0. The number of hydrogen-bond donors (Lipinski definition) is 5. The summed E-state index contributed by atoms with van der Waals surface area (Å²) in [4.78, 5) is 32.9. The molecule has 1 aromatic rings. The lowest BCUT2D eigenvalue weighted by atomic mass is 9.80. The van der Waals surface area contributed by atoms with Crippen LogP contribution < -0.4 is 0 Å². The SMILES string of the molecule is O=C(O)[C@](O)(c1ccccc1)[C@@H]1CCC(F)(F)C1.O=P(O)(O)O. The van der Waals surface area contributed by atoms with E-state index in [1.165, 1.54) is 12.1 Å². The van der Waals surface area contributed by atoms with Gasteiger partial charge in [-0.05, 0) is 12.0 Å². The van der Waals surface area contributed by atoms with Gasteiger partial charge in [-0.2, -0.15) is 0 Å². The number of rotatable bonds is 3. The Bertz CT molecular complexity index is 581. The van der Waals surface area contributed by atoms with Crippen LogP contribution >= 0.6 is 7.82 Å². The van der Waals surface area contributed by atoms with Crippen molar-refractivity contribution in [3.63, 3.8) is 0 Å². The minimum Gasteiger partial charge on any atom is -0.479 e. The van der Waals surface area contributed by atoms with Crippen molar-refractivity contribution in [1.82, 2.24) is 0 Å². The molecule has 130 valence electrons. The fourth-order valence-electron chi connectivity index (χ4n) is 2.53. The molecule has 23 heavy (non-hydrogen) atoms. The molecule has 0 heterocycles. The number of carboxylic acids is 1. The van der Waals surface area contributed by atoms with Gasteiger partial charge in [0.2, 0.25) is 5.92 Å². The Labute approximate surface area is 130 Å². The number of carboxylic acid groups (broad SMARTS) is 1. The first-order valence-electron chi connectivity index (χ1n) is 6.53. The summed E-state index contributed by atoms with van der Waals surface area (Å²) in [5, 5.41) is 19.6. The van der Waals surface area contributed by atoms with E-state index in [0.29, 0.717) is 0 Å². The van der Waals surface area contributed by atoms with Gasteiger partial charge in [0, 0.05) is 18.8 Å². The first-order valence-corrected chi connectivity index (χ1v) is 8.10. The van der Waals surface area contributed by atoms with E-state index >= 15 is 0 Å². The third-order valence-corrected chi connectivity index (χ3v) is 3.53. The zero-order valence-corrected chi connectivity index (χ0v) is 12.7. The monoisotopic (exact) mass is 354 g/mol. The Morgan fingerprint density at radius 3 is 2.04 bits per heavy atom. The number of hydrogen-bond acceptors (Lipinski definition) is 3. The highest BCUT2D eigenvalue weighted by Crippen LogP contribution is 2.47. The normalized spacial score (nSPS) is 22.6. The lowest BCUT2D eigenvalue weighted by molar-refractivity contribution is -0.167. The van der Waals surface area contributed by atoms with Gasteiger partial charge in [0.25, 0.3) is 0 Å². The van der Waals surface area contributed by atoms with Crippen LogP contribution in [0.15, 0.2) is 30.3 Å². The maximum absolute atomic E-state index is 13.2. The van der Waals surface area contributed by atoms with Gasteiger partial charge >= 0.3 is 13.8 Å². The Morgan fingerprint density at radius 1 is 1.22 bits per heavy atom. The highest BCUT2D eigenvalue weighted by atomic mass is 31.2. The van der Waals surface area contributed by atoms with Crippen molar-refractivity contribution in [2.24, 2.45) is 5.92 Å². The molecular weight excluding hydrogens is 337 g/mol. The first kappa shape index (κ1) is 19.7. The zero-order valence-electron chi connectivity index (χ0n) is 11.8. The predicted octanol–water partition coefficient (Wildman–Crippen LogP) is 1.47. The number of phosphoric acid groups is 1. The molecule has 10 heteroatoms. The molecule has 0 saturated heterocycles. The molecule has 1 aromatic carbocycles. The van der Waals surface area contributed by atoms with Crippen LogP contribution in [0.5, 0.6) is 0 Å². The van der Waals surface area contributed by atoms with E-state index in [1.807, 2.05) is 0 Å². The Balaban J connectivity index is 0.000000463. The Kier molecular flexibility index (Phi) is 6.00. The quantitative estimate of drug-likeness (QED) is 0.519. The van der Waals surface area contributed by atoms with E-state index in [1.54, 1.807) is 18.2 Å². The third-order valence-electron chi connectivity index (χ3n) is 3.53. The van der Waals surface area contributed by atoms with Gasteiger partial charge in [-0.1, -0.05) is 30.3 Å². The zero-order chi connectivity index (χ0) is 17.9. The van der Waals surface area contributed by atoms with Crippen molar-refractivity contribution in [3.8, 4) is 0 Å². The predicted molar refractivity (Wildman–Crippen MR) is 74.5 cm³/mol. The van der Waals surface area contributed by atoms with E-state index in [-0.39, 0.29) is 18.4 Å². The molecule has 2 atom stereocenters. The first-order chi connectivity index (χ1) is 10.4. The summed E-state index contributed by atoms with van der Waals surface area (Å²) in [5.41, 5.74) is -2.08. The lowest BCUT2D eigenvalue weighted by Gasteiger charge is -2.30. The second kappa shape index (κ2) is 7.02. The summed E-state index contributed by atoms with van der Waals surface area (Å²) in [5.74, 6) is -5.33. The van der Waals surface area contributed by atoms with E-state index in [9.17, 15) is 23.8 Å². The third kappa shape index (κ3) is 5.63. The van der Waals surface area contributed by atoms with Crippen LogP contribution in [0.1, 0.15) is 24.8 Å². The molecule has 1 fully saturated rings. The van der Waals surface area contributed by atoms with Crippen molar-refractivity contribution < 1.29 is 43.0 Å². The topological polar surface area (TPSA) is 135 Å². The van der Waals surface area contributed by atoms with Gasteiger partial charge in [-0.3, -0.25) is 0 Å². The number of alkyl halides is 2. The summed E-state index contributed by atoms with van der Waals surface area (Å²) in [6.07, 6.45) is -0.963. The molecule has 5 N–H and O–H groups in total. The fourth-order valence-corrected chi connectivity index (χ4v) is 2.53. The van der Waals surface area contributed by atoms with Crippen LogP contribution in [-0.4, -0.2) is 36.8 Å². The minimum atomic E-state index is -4.64. The summed E-state index contributed by atoms with van der Waals surface area (Å²) >= 11 is 0. The molecule has 2 rings (SSSR count). The number of carbonyl (C=O) groups is 1. The standard InChI is InChI=1S/C13H14F2O3.H3O4P/c14-12(15)7-6-10(8-12)13(18,11(16)17)9-4-2-1-3-5-9;1-5(2,3)4/h1-5,10,18H,6-8H2,(H,16,17);(H3,1,2,3,4)/t10-,13+;/m1./s1. The number of aliphatic carboxylic acids is 1. The number of aliphatic hydroxyl groups is 1. The minimum absolute atomic E-state index is 0.00466. The average molecular weight is 354 g/mol. The average Bonchev–Trinajstić information content (AvgIpc) is 2.77. The summed E-state index contributed by atoms with van der Waals surface area (Å²) < 4.78 is 35.3. The van der Waals surface area contributed by atoms with Gasteiger partial charge in [0.05, 0.1) is 0 Å². The van der Waals surface area contributed by atoms with Crippen LogP contribution in [0, 0.1) is 5.92 Å². The molecule has 1 aliphatic carbocycles. The number of halogens is 2. The van der Waals surface area contributed by atoms with Gasteiger partial charge in [0.1, 0.15) is 0 Å². The van der Waals surface area contributed by atoms with Crippen LogP contribution in [0.4, 0.5) is 8.78 Å². The van der Waals surface area contributed by atoms with Crippen LogP contribution in [0.3, 0.4) is 0 Å². The lowest BCUT2D eigenvalue weighted by Crippen LogP contribution is -2.42. The summed E-state index contributed by atoms with van der Waals surface area (Å²) in [6, 6.07) is 7.73. The molecular formula is C13H17F2O7P. The number of benzene rings is 1. The fraction of sp³-hybridized carbons (Fsp3) is 0.462. The van der Waals surface area contributed by atoms with Gasteiger partial charge in [-0.15, -0.1) is 0 Å².